The molecule has 1 spiro atoms. The molecule has 1 heterocycles. The molecule has 1 aromatic carbocycles. The summed E-state index contributed by atoms with van der Waals surface area (Å²) >= 11 is 2.91. The van der Waals surface area contributed by atoms with Gasteiger partial charge in [-0.05, 0) is 36.5 Å². The zero-order valence-electron chi connectivity index (χ0n) is 12.8. The molecule has 25 heavy (non-hydrogen) atoms. The molecule has 2 N–H and O–H groups in total. The van der Waals surface area contributed by atoms with Gasteiger partial charge in [-0.3, -0.25) is 4.57 Å². The summed E-state index contributed by atoms with van der Waals surface area (Å²) in [5.74, 6) is -0.244. The minimum atomic E-state index is -4.53. The molecule has 1 fully saturated rings. The van der Waals surface area contributed by atoms with Crippen LogP contribution in [0.5, 0.6) is 11.8 Å². The van der Waals surface area contributed by atoms with Crippen LogP contribution in [-0.2, 0) is 6.18 Å². The molecule has 1 saturated carbocycles. The molecule has 0 saturated heterocycles. The molecule has 3 aliphatic carbocycles. The quantitative estimate of drug-likeness (QED) is 0.633. The highest BCUT2D eigenvalue weighted by atomic mass is 79.9. The van der Waals surface area contributed by atoms with Crippen molar-refractivity contribution in [1.29, 1.82) is 0 Å². The van der Waals surface area contributed by atoms with E-state index in [1.165, 1.54) is 12.1 Å². The number of hydrogen-bond acceptors (Lipinski definition) is 2. The molecule has 7 heteroatoms. The summed E-state index contributed by atoms with van der Waals surface area (Å²) in [5.41, 5.74) is 0.648. The Hall–Kier alpha value is -1.89. The van der Waals surface area contributed by atoms with Gasteiger partial charge in [-0.2, -0.15) is 13.2 Å². The van der Waals surface area contributed by atoms with Gasteiger partial charge in [0.1, 0.15) is 0 Å². The zero-order valence-corrected chi connectivity index (χ0v) is 14.4. The fraction of sp³-hybridized carbons (Fsp3) is 0.333. The number of halogens is 4. The molecule has 130 valence electrons. The third kappa shape index (κ3) is 1.77. The second kappa shape index (κ2) is 4.44. The molecular weight excluding hydrogens is 399 g/mol. The number of hydrogen-bond donors (Lipinski definition) is 2. The van der Waals surface area contributed by atoms with Crippen LogP contribution in [-0.4, -0.2) is 14.8 Å². The minimum absolute atomic E-state index is 0.0391. The Kier molecular flexibility index (Phi) is 2.73. The number of rotatable bonds is 1. The van der Waals surface area contributed by atoms with Crippen LogP contribution in [0.1, 0.15) is 41.4 Å². The van der Waals surface area contributed by atoms with Crippen LogP contribution in [0.15, 0.2) is 34.8 Å². The van der Waals surface area contributed by atoms with E-state index in [2.05, 4.69) is 15.9 Å². The van der Waals surface area contributed by atoms with Gasteiger partial charge in [-0.1, -0.05) is 28.1 Å². The van der Waals surface area contributed by atoms with E-state index in [0.29, 0.717) is 11.1 Å². The Morgan fingerprint density at radius 3 is 2.08 bits per heavy atom. The summed E-state index contributed by atoms with van der Waals surface area (Å²) in [5, 5.41) is 21.4. The first-order valence-corrected chi connectivity index (χ1v) is 8.77. The van der Waals surface area contributed by atoms with Crippen LogP contribution in [0.4, 0.5) is 13.2 Å². The summed E-state index contributed by atoms with van der Waals surface area (Å²) in [4.78, 5) is 0. The first-order valence-electron chi connectivity index (χ1n) is 7.97. The number of fused-ring (bicyclic) bond motifs is 3. The highest BCUT2D eigenvalue weighted by molar-refractivity contribution is 9.10. The Balaban J connectivity index is 1.70. The summed E-state index contributed by atoms with van der Waals surface area (Å²) in [6.07, 6.45) is 1.64. The van der Waals surface area contributed by atoms with Crippen molar-refractivity contribution in [3.8, 4) is 17.4 Å². The van der Waals surface area contributed by atoms with Crippen LogP contribution in [0.25, 0.3) is 5.69 Å². The minimum Gasteiger partial charge on any atom is -0.494 e. The SMILES string of the molecule is Oc1c2c(c(O)n1-c1ccc(Br)c(C(F)(F)F)c1)C1C=CC2C12CC2. The van der Waals surface area contributed by atoms with Crippen molar-refractivity contribution in [3.05, 3.63) is 51.5 Å². The third-order valence-corrected chi connectivity index (χ3v) is 6.58. The van der Waals surface area contributed by atoms with Crippen molar-refractivity contribution < 1.29 is 23.4 Å². The summed E-state index contributed by atoms with van der Waals surface area (Å²) in [7, 11) is 0. The van der Waals surface area contributed by atoms with Crippen LogP contribution in [0.3, 0.4) is 0 Å². The molecule has 5 rings (SSSR count). The largest absolute Gasteiger partial charge is 0.494 e. The second-order valence-electron chi connectivity index (χ2n) is 7.05. The van der Waals surface area contributed by atoms with Crippen molar-refractivity contribution in [1.82, 2.24) is 4.57 Å². The molecule has 0 aliphatic heterocycles. The highest BCUT2D eigenvalue weighted by Crippen LogP contribution is 2.76. The highest BCUT2D eigenvalue weighted by Gasteiger charge is 2.64. The Labute approximate surface area is 149 Å². The van der Waals surface area contributed by atoms with Crippen molar-refractivity contribution in [3.63, 3.8) is 0 Å². The maximum absolute atomic E-state index is 13.2. The fourth-order valence-corrected chi connectivity index (χ4v) is 5.11. The monoisotopic (exact) mass is 411 g/mol. The van der Waals surface area contributed by atoms with E-state index in [1.54, 1.807) is 0 Å². The average Bonchev–Trinajstić information content (AvgIpc) is 3.13. The molecule has 2 unspecified atom stereocenters. The summed E-state index contributed by atoms with van der Waals surface area (Å²) < 4.78 is 40.6. The number of allylic oxidation sites excluding steroid dienone is 2. The van der Waals surface area contributed by atoms with Crippen LogP contribution in [0.2, 0.25) is 0 Å². The number of nitrogens with zero attached hydrogens (tertiary/aromatic N) is 1. The maximum Gasteiger partial charge on any atom is 0.417 e. The molecule has 3 aliphatic rings. The molecule has 1 aromatic heterocycles. The third-order valence-electron chi connectivity index (χ3n) is 5.89. The van der Waals surface area contributed by atoms with E-state index < -0.39 is 11.7 Å². The van der Waals surface area contributed by atoms with Gasteiger partial charge in [0.15, 0.2) is 0 Å². The average molecular weight is 412 g/mol. The van der Waals surface area contributed by atoms with Gasteiger partial charge in [0.05, 0.1) is 11.3 Å². The molecule has 2 bridgehead atoms. The normalized spacial score (nSPS) is 25.0. The number of aromatic nitrogens is 1. The lowest BCUT2D eigenvalue weighted by Crippen LogP contribution is -2.09. The van der Waals surface area contributed by atoms with Gasteiger partial charge in [-0.25, -0.2) is 0 Å². The van der Waals surface area contributed by atoms with Crippen LogP contribution >= 0.6 is 15.9 Å². The van der Waals surface area contributed by atoms with Crippen molar-refractivity contribution in [2.75, 3.05) is 0 Å². The van der Waals surface area contributed by atoms with E-state index in [1.807, 2.05) is 12.2 Å². The van der Waals surface area contributed by atoms with Gasteiger partial charge in [0.25, 0.3) is 0 Å². The van der Waals surface area contributed by atoms with Gasteiger partial charge >= 0.3 is 6.18 Å². The van der Waals surface area contributed by atoms with E-state index in [9.17, 15) is 23.4 Å². The molecule has 0 amide bonds. The predicted molar refractivity (Wildman–Crippen MR) is 88.1 cm³/mol. The van der Waals surface area contributed by atoms with Crippen LogP contribution < -0.4 is 0 Å². The lowest BCUT2D eigenvalue weighted by Gasteiger charge is -2.17. The fourth-order valence-electron chi connectivity index (χ4n) is 4.64. The summed E-state index contributed by atoms with van der Waals surface area (Å²) in [6, 6.07) is 3.65. The molecular formula is C18H13BrF3NO2. The summed E-state index contributed by atoms with van der Waals surface area (Å²) in [6.45, 7) is 0. The Morgan fingerprint density at radius 2 is 1.60 bits per heavy atom. The number of alkyl halides is 3. The zero-order chi connectivity index (χ0) is 17.7. The topological polar surface area (TPSA) is 45.4 Å². The molecule has 2 atom stereocenters. The van der Waals surface area contributed by atoms with E-state index >= 15 is 0 Å². The Morgan fingerprint density at radius 1 is 1.04 bits per heavy atom. The van der Waals surface area contributed by atoms with Crippen LogP contribution in [0, 0.1) is 5.41 Å². The van der Waals surface area contributed by atoms with Gasteiger partial charge in [0, 0.05) is 27.4 Å². The standard InChI is InChI=1S/C18H13BrF3NO2/c19-12-4-1-8(7-11(12)18(20,21)22)23-15(24)13-9-2-3-10(14(13)16(23)25)17(9)5-6-17/h1-4,7,9-10,24-25H,5-6H2. The first-order chi connectivity index (χ1) is 11.8. The lowest BCUT2D eigenvalue weighted by atomic mass is 9.90. The molecule has 3 nitrogen and oxygen atoms in total. The molecule has 2 aromatic rings. The number of benzene rings is 1. The van der Waals surface area contributed by atoms with E-state index in [0.717, 1.165) is 23.5 Å². The maximum atomic E-state index is 13.2. The smallest absolute Gasteiger partial charge is 0.417 e. The van der Waals surface area contributed by atoms with E-state index in [-0.39, 0.29) is 39.2 Å². The first kappa shape index (κ1) is 15.4. The van der Waals surface area contributed by atoms with Crippen molar-refractivity contribution in [2.24, 2.45) is 5.41 Å². The van der Waals surface area contributed by atoms with Crippen molar-refractivity contribution in [2.45, 2.75) is 30.9 Å². The Bertz CT molecular complexity index is 917. The van der Waals surface area contributed by atoms with Gasteiger partial charge < -0.3 is 10.2 Å². The second-order valence-corrected chi connectivity index (χ2v) is 7.90. The van der Waals surface area contributed by atoms with Crippen molar-refractivity contribution >= 4 is 15.9 Å². The predicted octanol–water partition coefficient (Wildman–Crippen LogP) is 5.20. The lowest BCUT2D eigenvalue weighted by molar-refractivity contribution is -0.138. The molecule has 0 radical (unpaired) electrons. The number of aromatic hydroxyl groups is 2. The van der Waals surface area contributed by atoms with Gasteiger partial charge in [-0.15, -0.1) is 0 Å². The van der Waals surface area contributed by atoms with E-state index in [4.69, 9.17) is 0 Å². The van der Waals surface area contributed by atoms with Gasteiger partial charge in [0.2, 0.25) is 11.8 Å².